The lowest BCUT2D eigenvalue weighted by molar-refractivity contribution is 0.244. The van der Waals surface area contributed by atoms with E-state index in [1.807, 2.05) is 232 Å². The van der Waals surface area contributed by atoms with Gasteiger partial charge in [-0.05, 0) is 205 Å². The number of amidine groups is 1. The second kappa shape index (κ2) is 37.5. The van der Waals surface area contributed by atoms with E-state index in [1.54, 1.807) is 109 Å². The van der Waals surface area contributed by atoms with Gasteiger partial charge in [-0.2, -0.15) is 9.97 Å². The first-order valence-corrected chi connectivity index (χ1v) is 43.6. The molecule has 8 aromatic carbocycles. The third-order valence-electron chi connectivity index (χ3n) is 20.6. The van der Waals surface area contributed by atoms with Gasteiger partial charge < -0.3 is 48.5 Å². The van der Waals surface area contributed by atoms with Crippen molar-refractivity contribution in [1.29, 1.82) is 0 Å². The highest BCUT2D eigenvalue weighted by Gasteiger charge is 2.22. The summed E-state index contributed by atoms with van der Waals surface area (Å²) < 4.78 is 42.1. The molecule has 13 aromatic heterocycles. The Morgan fingerprint density at radius 3 is 1.05 bits per heavy atom. The van der Waals surface area contributed by atoms with E-state index in [0.717, 1.165) is 122 Å². The van der Waals surface area contributed by atoms with Gasteiger partial charge in [-0.15, -0.1) is 0 Å². The maximum absolute atomic E-state index is 12.8. The minimum atomic E-state index is -3.22. The van der Waals surface area contributed by atoms with Crippen LogP contribution in [0.5, 0.6) is 0 Å². The number of anilines is 1. The first-order valence-electron chi connectivity index (χ1n) is 38.8. The number of rotatable bonds is 9. The van der Waals surface area contributed by atoms with E-state index < -0.39 is 11.0 Å². The molecular weight excluding hydrogens is 1740 g/mol. The van der Waals surface area contributed by atoms with Crippen molar-refractivity contribution in [2.24, 2.45) is 39.1 Å². The van der Waals surface area contributed by atoms with Gasteiger partial charge in [0.15, 0.2) is 11.7 Å². The highest BCUT2D eigenvalue weighted by Crippen LogP contribution is 2.61. The number of H-pyrrole nitrogens is 1. The Bertz CT molecular complexity index is 8010. The lowest BCUT2D eigenvalue weighted by Gasteiger charge is -2.09. The van der Waals surface area contributed by atoms with E-state index >= 15 is 0 Å². The van der Waals surface area contributed by atoms with Gasteiger partial charge in [-0.25, -0.2) is 19.6 Å². The SMILES string of the molecule is CN(C)c1nc(-c2ccc(-n3c(=O)ccc4c3c3ccccc3n4C)cc2)no1.CNC.Cn1c2ccccc2c2c1ccc(=O)n2-c1ccc(-c2noc(=O)[nH]2)cc1.Cn1c2ccccc2c2c1ccc(=O)n2-c1ccc(-c2noc(Cl)n2)cc1.Cn1c2ccccc2c2c1ccc(=O)n2-c1ccc(/C(N)=N/O)cc1.O=C(n1ccnc1)n1ccnc1.O=P(Cl)(Cl)Cl. The van der Waals surface area contributed by atoms with Gasteiger partial charge in [-0.1, -0.05) is 93.4 Å². The van der Waals surface area contributed by atoms with Gasteiger partial charge in [0.25, 0.3) is 22.2 Å². The predicted octanol–water partition coefficient (Wildman–Crippen LogP) is 16.4. The summed E-state index contributed by atoms with van der Waals surface area (Å²) in [4.78, 5) is 93.6. The third-order valence-corrected chi connectivity index (χ3v) is 20.7. The number of pyridine rings is 4. The summed E-state index contributed by atoms with van der Waals surface area (Å²) in [5.41, 5.74) is 22.8. The van der Waals surface area contributed by atoms with E-state index in [0.29, 0.717) is 34.6 Å². The number of oxime groups is 1. The molecule has 0 radical (unpaired) electrons. The lowest BCUT2D eigenvalue weighted by atomic mass is 10.1. The molecule has 21 rings (SSSR count). The van der Waals surface area contributed by atoms with Gasteiger partial charge in [0, 0.05) is 158 Å². The van der Waals surface area contributed by atoms with E-state index in [9.17, 15) is 33.3 Å². The molecule has 644 valence electrons. The summed E-state index contributed by atoms with van der Waals surface area (Å²) in [5, 5.41) is 26.9. The fourth-order valence-electron chi connectivity index (χ4n) is 14.8. The van der Waals surface area contributed by atoms with Gasteiger partial charge in [-0.3, -0.25) is 60.7 Å². The molecule has 0 aliphatic rings. The first kappa shape index (κ1) is 87.4. The summed E-state index contributed by atoms with van der Waals surface area (Å²) in [6.07, 6.45) is 9.17. The van der Waals surface area contributed by atoms with Crippen molar-refractivity contribution < 1.29 is 28.1 Å². The van der Waals surface area contributed by atoms with Crippen molar-refractivity contribution in [2.75, 3.05) is 33.1 Å². The largest absolute Gasteiger partial charge is 0.439 e. The smallest absolute Gasteiger partial charge is 0.409 e. The van der Waals surface area contributed by atoms with E-state index in [-0.39, 0.29) is 39.5 Å². The fraction of sp³-hybridized carbons (Fsp3) is 0.0889. The van der Waals surface area contributed by atoms with Crippen LogP contribution in [-0.4, -0.2) is 131 Å². The lowest BCUT2D eigenvalue weighted by Crippen LogP contribution is -2.18. The fourth-order valence-corrected chi connectivity index (χ4v) is 14.9. The average molecular weight is 1810 g/mol. The number of aromatic nitrogens is 18. The number of halogens is 4. The van der Waals surface area contributed by atoms with Crippen LogP contribution in [-0.2, 0) is 32.8 Å². The number of nitrogens with zero attached hydrogens (tertiary/aromatic N) is 19. The van der Waals surface area contributed by atoms with Crippen LogP contribution in [0.2, 0.25) is 5.35 Å². The van der Waals surface area contributed by atoms with Gasteiger partial charge >= 0.3 is 28.4 Å². The highest BCUT2D eigenvalue weighted by molar-refractivity contribution is 8.24. The van der Waals surface area contributed by atoms with Gasteiger partial charge in [0.1, 0.15) is 12.7 Å². The molecule has 0 bridgehead atoms. The van der Waals surface area contributed by atoms with Crippen LogP contribution in [0.1, 0.15) is 5.56 Å². The molecule has 0 spiro atoms. The first-order chi connectivity index (χ1) is 61.7. The Balaban J connectivity index is 0.000000122. The molecule has 0 fully saturated rings. The quantitative estimate of drug-likeness (QED) is 0.0343. The van der Waals surface area contributed by atoms with Crippen LogP contribution in [0.4, 0.5) is 10.8 Å². The monoisotopic (exact) mass is 1810 g/mol. The van der Waals surface area contributed by atoms with Crippen LogP contribution < -0.4 is 43.9 Å². The van der Waals surface area contributed by atoms with E-state index in [1.165, 1.54) is 21.8 Å². The molecule has 0 amide bonds. The number of aryl methyl sites for hydroxylation is 4. The zero-order chi connectivity index (χ0) is 90.4. The third kappa shape index (κ3) is 18.0. The summed E-state index contributed by atoms with van der Waals surface area (Å²) in [5.74, 6) is 0.689. The molecule has 0 aliphatic carbocycles. The average Bonchev–Trinajstić information content (AvgIpc) is 1.60. The number of nitrogens with one attached hydrogen (secondary N) is 2. The second-order valence-electron chi connectivity index (χ2n) is 28.7. The van der Waals surface area contributed by atoms with Crippen LogP contribution in [0.25, 0.3) is 145 Å². The molecule has 0 saturated heterocycles. The van der Waals surface area contributed by atoms with Crippen LogP contribution in [0, 0.1) is 0 Å². The predicted molar refractivity (Wildman–Crippen MR) is 499 cm³/mol. The molecule has 33 nitrogen and oxygen atoms in total. The topological polar surface area (TPSA) is 388 Å². The summed E-state index contributed by atoms with van der Waals surface area (Å²) >= 11 is 19.5. The maximum atomic E-state index is 12.8. The second-order valence-corrected chi connectivity index (χ2v) is 35.6. The number of hydrogen-bond acceptors (Lipinski definition) is 21. The number of aromatic amines is 1. The summed E-state index contributed by atoms with van der Waals surface area (Å²) in [6.45, 7) is 0. The Morgan fingerprint density at radius 1 is 0.445 bits per heavy atom. The minimum Gasteiger partial charge on any atom is -0.409 e. The number of carbonyl (C=O) groups excluding carboxylic acids is 1. The van der Waals surface area contributed by atoms with E-state index in [4.69, 9.17) is 31.6 Å². The Morgan fingerprint density at radius 2 is 0.766 bits per heavy atom. The molecule has 0 saturated carbocycles. The number of para-hydroxylation sites is 4. The number of imidazole rings is 2. The van der Waals surface area contributed by atoms with Gasteiger partial charge in [0.2, 0.25) is 11.6 Å². The molecule has 5 N–H and O–H groups in total. The number of hydrogen-bond donors (Lipinski definition) is 4. The van der Waals surface area contributed by atoms with Crippen molar-refractivity contribution in [3.63, 3.8) is 0 Å². The van der Waals surface area contributed by atoms with Crippen LogP contribution in [0.15, 0.2) is 323 Å². The number of fused-ring (bicyclic) bond motifs is 12. The molecule has 128 heavy (non-hydrogen) atoms. The van der Waals surface area contributed by atoms with Crippen LogP contribution in [0.3, 0.4) is 0 Å². The Labute approximate surface area is 743 Å². The summed E-state index contributed by atoms with van der Waals surface area (Å²) in [6, 6.07) is 75.5. The van der Waals surface area contributed by atoms with Crippen molar-refractivity contribution in [2.45, 2.75) is 0 Å². The van der Waals surface area contributed by atoms with Crippen molar-refractivity contribution in [3.8, 4) is 56.9 Å². The van der Waals surface area contributed by atoms with Crippen molar-refractivity contribution in [1.82, 2.24) is 91.4 Å². The number of nitrogens with two attached hydrogens (primary N) is 1. The molecule has 0 aliphatic heterocycles. The van der Waals surface area contributed by atoms with E-state index in [2.05, 4.69) is 113 Å². The zero-order valence-corrected chi connectivity index (χ0v) is 73.0. The highest BCUT2D eigenvalue weighted by atomic mass is 36.0. The number of benzene rings is 8. The molecule has 0 atom stereocenters. The van der Waals surface area contributed by atoms with Gasteiger partial charge in [0.05, 0.1) is 66.2 Å². The van der Waals surface area contributed by atoms with Crippen LogP contribution >= 0.6 is 50.5 Å². The standard InChI is InChI=1S/C22H19N5O2.C20H13ClN4O2.C20H14N4O3.C19H16N4O2.C7H6N4O.C2H7N.Cl3OP/c1-25(2)22-23-21(24-29-22)14-8-10-15(11-9-14)27-19(28)13-12-18-20(27)16-6-4-5-7-17(16)26(18)3;1-24-15-5-3-2-4-14(15)18-16(24)10-11-17(26)25(18)13-8-6-12(7-9-13)19-22-20(21)27-23-19;1-23-15-5-3-2-4-14(15)18-16(23)10-11-17(25)24(18)13-8-6-12(7-9-13)19-21-20(26)27-22-19;1-22-15-5-3-2-4-14(15)18-16(22)10-11-17(24)23(18)13-8-6-12(7-9-13)19(20)21-25;12-7(10-3-1-8-5-10)11-4-2-9-6-11;1-3-2;1-5(2,3)4/h4-13H,1-3H3;2-11H,1H3;2-11H,1H3,(H,21,22,26);2-11,25H,1H3,(H2,20,21);1-6H;3H,1-2H3;. The normalized spacial score (nSPS) is 11.3. The zero-order valence-electron chi connectivity index (χ0n) is 69.1. The molecule has 13 heterocycles. The maximum Gasteiger partial charge on any atom is 0.439 e. The molecule has 0 unspecified atom stereocenters. The van der Waals surface area contributed by atoms with Crippen molar-refractivity contribution >= 4 is 156 Å². The Kier molecular flexibility index (Phi) is 25.6. The molecular formula is C90H75Cl4N22O11P. The Hall–Kier alpha value is -15.5. The minimum absolute atomic E-state index is 0.00850. The summed E-state index contributed by atoms with van der Waals surface area (Å²) in [7, 11) is 15.4. The van der Waals surface area contributed by atoms with Crippen molar-refractivity contribution in [3.05, 3.63) is 343 Å². The number of carbonyl (C=O) groups is 1. The molecule has 21 aromatic rings. The molecule has 38 heteroatoms.